The van der Waals surface area contributed by atoms with Gasteiger partial charge >= 0.3 is 0 Å². The summed E-state index contributed by atoms with van der Waals surface area (Å²) < 4.78 is 0. The van der Waals surface area contributed by atoms with E-state index in [4.69, 9.17) is 0 Å². The quantitative estimate of drug-likeness (QED) is 0.504. The lowest BCUT2D eigenvalue weighted by Crippen LogP contribution is -2.08. The van der Waals surface area contributed by atoms with E-state index in [2.05, 4.69) is 5.32 Å². The molecule has 0 aliphatic heterocycles. The van der Waals surface area contributed by atoms with Gasteiger partial charge < -0.3 is 10.4 Å². The highest BCUT2D eigenvalue weighted by atomic mass is 16.6. The summed E-state index contributed by atoms with van der Waals surface area (Å²) in [5.41, 5.74) is 2.46. The van der Waals surface area contributed by atoms with Crippen LogP contribution in [0.3, 0.4) is 0 Å². The third-order valence-corrected chi connectivity index (χ3v) is 3.13. The van der Waals surface area contributed by atoms with Crippen molar-refractivity contribution in [2.24, 2.45) is 0 Å². The van der Waals surface area contributed by atoms with Crippen LogP contribution in [0.2, 0.25) is 0 Å². The van der Waals surface area contributed by atoms with Crippen LogP contribution in [-0.2, 0) is 0 Å². The molecular formula is C15H16N2O3. The fraction of sp³-hybridized carbons (Fsp3) is 0.200. The molecule has 2 aromatic rings. The lowest BCUT2D eigenvalue weighted by molar-refractivity contribution is -0.384. The van der Waals surface area contributed by atoms with Crippen LogP contribution in [0.4, 0.5) is 11.4 Å². The van der Waals surface area contributed by atoms with Gasteiger partial charge in [0.2, 0.25) is 0 Å². The van der Waals surface area contributed by atoms with E-state index in [0.29, 0.717) is 5.69 Å². The molecule has 2 aromatic carbocycles. The molecule has 0 fully saturated rings. The van der Waals surface area contributed by atoms with Crippen LogP contribution in [0.25, 0.3) is 0 Å². The van der Waals surface area contributed by atoms with Crippen molar-refractivity contribution < 1.29 is 10.0 Å². The van der Waals surface area contributed by atoms with E-state index in [0.717, 1.165) is 17.2 Å². The molecular weight excluding hydrogens is 256 g/mol. The fourth-order valence-electron chi connectivity index (χ4n) is 1.96. The number of nitro groups is 1. The van der Waals surface area contributed by atoms with Gasteiger partial charge in [-0.2, -0.15) is 0 Å². The Morgan fingerprint density at radius 3 is 2.45 bits per heavy atom. The van der Waals surface area contributed by atoms with Crippen LogP contribution in [-0.4, -0.2) is 10.0 Å². The first kappa shape index (κ1) is 13.9. The highest BCUT2D eigenvalue weighted by Crippen LogP contribution is 2.31. The Labute approximate surface area is 117 Å². The fourth-order valence-corrected chi connectivity index (χ4v) is 1.96. The first-order valence-corrected chi connectivity index (χ1v) is 6.28. The predicted octanol–water partition coefficient (Wildman–Crippen LogP) is 3.78. The number of aromatic hydroxyl groups is 1. The van der Waals surface area contributed by atoms with E-state index in [1.165, 1.54) is 12.1 Å². The minimum atomic E-state index is -0.510. The van der Waals surface area contributed by atoms with Crippen molar-refractivity contribution in [3.8, 4) is 5.75 Å². The smallest absolute Gasteiger partial charge is 0.296 e. The molecule has 5 heteroatoms. The number of hydrogen-bond donors (Lipinski definition) is 2. The third-order valence-electron chi connectivity index (χ3n) is 3.13. The topological polar surface area (TPSA) is 75.4 Å². The number of nitrogens with zero attached hydrogens (tertiary/aromatic N) is 1. The highest BCUT2D eigenvalue weighted by molar-refractivity contribution is 5.64. The Kier molecular flexibility index (Phi) is 3.89. The number of phenols is 1. The summed E-state index contributed by atoms with van der Waals surface area (Å²) in [5, 5.41) is 23.4. The van der Waals surface area contributed by atoms with Crippen molar-refractivity contribution in [2.75, 3.05) is 5.32 Å². The average molecular weight is 272 g/mol. The van der Waals surface area contributed by atoms with Crippen molar-refractivity contribution >= 4 is 11.4 Å². The Balaban J connectivity index is 2.25. The van der Waals surface area contributed by atoms with E-state index in [9.17, 15) is 15.2 Å². The summed E-state index contributed by atoms with van der Waals surface area (Å²) in [6, 6.07) is 12.0. The Morgan fingerprint density at radius 1 is 1.20 bits per heavy atom. The second-order valence-electron chi connectivity index (χ2n) is 4.74. The number of nitro benzene ring substituents is 1. The van der Waals surface area contributed by atoms with Crippen LogP contribution in [0.15, 0.2) is 42.5 Å². The molecule has 5 nitrogen and oxygen atoms in total. The molecule has 0 spiro atoms. The summed E-state index contributed by atoms with van der Waals surface area (Å²) in [6.07, 6.45) is 0. The molecule has 2 rings (SSSR count). The normalized spacial score (nSPS) is 11.9. The molecule has 1 atom stereocenters. The minimum absolute atomic E-state index is 0.0705. The molecule has 20 heavy (non-hydrogen) atoms. The van der Waals surface area contributed by atoms with Gasteiger partial charge in [-0.1, -0.05) is 29.8 Å². The molecule has 0 aromatic heterocycles. The summed E-state index contributed by atoms with van der Waals surface area (Å²) >= 11 is 0. The number of aryl methyl sites for hydroxylation is 1. The van der Waals surface area contributed by atoms with Crippen LogP contribution in [0.1, 0.15) is 24.1 Å². The van der Waals surface area contributed by atoms with Crippen LogP contribution in [0, 0.1) is 17.0 Å². The largest absolute Gasteiger partial charge is 0.508 e. The average Bonchev–Trinajstić information content (AvgIpc) is 2.41. The van der Waals surface area contributed by atoms with E-state index >= 15 is 0 Å². The molecule has 0 aliphatic rings. The zero-order valence-electron chi connectivity index (χ0n) is 11.3. The molecule has 0 saturated heterocycles. The van der Waals surface area contributed by atoms with Gasteiger partial charge in [-0.05, 0) is 31.5 Å². The maximum atomic E-state index is 11.0. The molecule has 0 heterocycles. The maximum Gasteiger partial charge on any atom is 0.296 e. The van der Waals surface area contributed by atoms with Crippen molar-refractivity contribution in [2.45, 2.75) is 19.9 Å². The van der Waals surface area contributed by atoms with E-state index in [1.54, 1.807) is 0 Å². The molecule has 2 N–H and O–H groups in total. The van der Waals surface area contributed by atoms with Crippen molar-refractivity contribution in [1.29, 1.82) is 0 Å². The first-order valence-electron chi connectivity index (χ1n) is 6.28. The second kappa shape index (κ2) is 5.61. The summed E-state index contributed by atoms with van der Waals surface area (Å²) in [6.45, 7) is 3.94. The van der Waals surface area contributed by atoms with Gasteiger partial charge in [0, 0.05) is 6.04 Å². The van der Waals surface area contributed by atoms with E-state index < -0.39 is 4.92 Å². The zero-order valence-corrected chi connectivity index (χ0v) is 11.3. The van der Waals surface area contributed by atoms with E-state index in [-0.39, 0.29) is 17.5 Å². The maximum absolute atomic E-state index is 11.0. The zero-order chi connectivity index (χ0) is 14.7. The number of benzene rings is 2. The number of rotatable bonds is 4. The van der Waals surface area contributed by atoms with Gasteiger partial charge in [0.05, 0.1) is 11.0 Å². The van der Waals surface area contributed by atoms with Gasteiger partial charge in [-0.3, -0.25) is 10.1 Å². The van der Waals surface area contributed by atoms with Gasteiger partial charge in [0.1, 0.15) is 11.4 Å². The molecule has 104 valence electrons. The second-order valence-corrected chi connectivity index (χ2v) is 4.74. The minimum Gasteiger partial charge on any atom is -0.508 e. The SMILES string of the molecule is Cc1ccc(C(C)Nc2ccc(O)cc2[N+](=O)[O-])cc1. The van der Waals surface area contributed by atoms with Gasteiger partial charge in [-0.15, -0.1) is 0 Å². The number of nitrogens with one attached hydrogen (secondary N) is 1. The van der Waals surface area contributed by atoms with Gasteiger partial charge in [0.25, 0.3) is 5.69 Å². The van der Waals surface area contributed by atoms with E-state index in [1.807, 2.05) is 38.1 Å². The molecule has 0 saturated carbocycles. The monoisotopic (exact) mass is 272 g/mol. The Hall–Kier alpha value is -2.56. The lowest BCUT2D eigenvalue weighted by Gasteiger charge is -2.16. The lowest BCUT2D eigenvalue weighted by atomic mass is 10.1. The predicted molar refractivity (Wildman–Crippen MR) is 78.0 cm³/mol. The van der Waals surface area contributed by atoms with Crippen molar-refractivity contribution in [1.82, 2.24) is 0 Å². The number of anilines is 1. The van der Waals surface area contributed by atoms with Crippen LogP contribution < -0.4 is 5.32 Å². The van der Waals surface area contributed by atoms with Gasteiger partial charge in [0.15, 0.2) is 0 Å². The summed E-state index contributed by atoms with van der Waals surface area (Å²) in [5.74, 6) is -0.120. The highest BCUT2D eigenvalue weighted by Gasteiger charge is 2.16. The van der Waals surface area contributed by atoms with Crippen LogP contribution in [0.5, 0.6) is 5.75 Å². The van der Waals surface area contributed by atoms with Gasteiger partial charge in [-0.25, -0.2) is 0 Å². The molecule has 0 bridgehead atoms. The molecule has 1 unspecified atom stereocenters. The standard InChI is InChI=1S/C15H16N2O3/c1-10-3-5-12(6-4-10)11(2)16-14-8-7-13(18)9-15(14)17(19)20/h3-9,11,16,18H,1-2H3. The molecule has 0 radical (unpaired) electrons. The Bertz CT molecular complexity index is 624. The van der Waals surface area contributed by atoms with Crippen LogP contribution >= 0.6 is 0 Å². The van der Waals surface area contributed by atoms with Crippen molar-refractivity contribution in [3.63, 3.8) is 0 Å². The number of hydrogen-bond acceptors (Lipinski definition) is 4. The third kappa shape index (κ3) is 3.06. The summed E-state index contributed by atoms with van der Waals surface area (Å²) in [7, 11) is 0. The molecule has 0 aliphatic carbocycles. The van der Waals surface area contributed by atoms with Crippen molar-refractivity contribution in [3.05, 3.63) is 63.7 Å². The first-order chi connectivity index (χ1) is 9.47. The summed E-state index contributed by atoms with van der Waals surface area (Å²) in [4.78, 5) is 10.5. The Morgan fingerprint density at radius 2 is 1.85 bits per heavy atom. The number of phenolic OH excluding ortho intramolecular Hbond substituents is 1. The molecule has 0 amide bonds.